The highest BCUT2D eigenvalue weighted by molar-refractivity contribution is 6.22. The number of carbonyl (C=O) groups excluding carboxylic acids is 2. The molecule has 0 aromatic heterocycles. The fourth-order valence-electron chi connectivity index (χ4n) is 2.56. The first-order valence-corrected chi connectivity index (χ1v) is 6.54. The standard InChI is InChI=1S/C15H17NO4/c1-8-4-5-9(2)13-12(8)14(19)16(15(13)20)10(3)6-7-11(17)18/h4-5,10H,6-7H2,1-3H3,(H,17,18). The van der Waals surface area contributed by atoms with E-state index in [0.29, 0.717) is 11.1 Å². The third kappa shape index (κ3) is 2.19. The Balaban J connectivity index is 2.35. The molecular weight excluding hydrogens is 258 g/mol. The zero-order valence-corrected chi connectivity index (χ0v) is 11.8. The summed E-state index contributed by atoms with van der Waals surface area (Å²) in [6.07, 6.45) is 0.200. The van der Waals surface area contributed by atoms with Gasteiger partial charge in [0.15, 0.2) is 0 Å². The summed E-state index contributed by atoms with van der Waals surface area (Å²) in [5.41, 5.74) is 2.46. The van der Waals surface area contributed by atoms with Crippen LogP contribution in [0.25, 0.3) is 0 Å². The summed E-state index contributed by atoms with van der Waals surface area (Å²) < 4.78 is 0. The van der Waals surface area contributed by atoms with Gasteiger partial charge in [-0.05, 0) is 38.3 Å². The lowest BCUT2D eigenvalue weighted by molar-refractivity contribution is -0.137. The summed E-state index contributed by atoms with van der Waals surface area (Å²) in [6, 6.07) is 3.23. The Kier molecular flexibility index (Phi) is 3.61. The molecule has 0 aliphatic carbocycles. The van der Waals surface area contributed by atoms with Crippen LogP contribution in [-0.2, 0) is 4.79 Å². The van der Waals surface area contributed by atoms with Crippen LogP contribution in [0.5, 0.6) is 0 Å². The highest BCUT2D eigenvalue weighted by Gasteiger charge is 2.40. The molecule has 1 aliphatic rings. The molecule has 0 saturated carbocycles. The highest BCUT2D eigenvalue weighted by atomic mass is 16.4. The molecule has 106 valence electrons. The van der Waals surface area contributed by atoms with E-state index in [-0.39, 0.29) is 24.7 Å². The third-order valence-electron chi connectivity index (χ3n) is 3.70. The van der Waals surface area contributed by atoms with Gasteiger partial charge in [-0.25, -0.2) is 0 Å². The van der Waals surface area contributed by atoms with Crippen molar-refractivity contribution in [2.45, 2.75) is 39.7 Å². The SMILES string of the molecule is Cc1ccc(C)c2c1C(=O)N(C(C)CCC(=O)O)C2=O. The summed E-state index contributed by atoms with van der Waals surface area (Å²) in [7, 11) is 0. The average molecular weight is 275 g/mol. The molecule has 1 heterocycles. The molecule has 2 amide bonds. The number of nitrogens with zero attached hydrogens (tertiary/aromatic N) is 1. The van der Waals surface area contributed by atoms with Crippen LogP contribution in [0.15, 0.2) is 12.1 Å². The van der Waals surface area contributed by atoms with E-state index in [1.165, 1.54) is 4.90 Å². The number of aryl methyl sites for hydroxylation is 2. The normalized spacial score (nSPS) is 15.4. The molecule has 5 nitrogen and oxygen atoms in total. The predicted molar refractivity (Wildman–Crippen MR) is 72.7 cm³/mol. The van der Waals surface area contributed by atoms with E-state index in [9.17, 15) is 14.4 Å². The summed E-state index contributed by atoms with van der Waals surface area (Å²) in [5.74, 6) is -1.56. The molecule has 0 spiro atoms. The van der Waals surface area contributed by atoms with Crippen LogP contribution < -0.4 is 0 Å². The number of carboxylic acid groups (broad SMARTS) is 1. The first-order chi connectivity index (χ1) is 9.34. The number of amides is 2. The topological polar surface area (TPSA) is 74.7 Å². The summed E-state index contributed by atoms with van der Waals surface area (Å²) >= 11 is 0. The van der Waals surface area contributed by atoms with Crippen LogP contribution in [-0.4, -0.2) is 33.8 Å². The van der Waals surface area contributed by atoms with E-state index in [1.54, 1.807) is 20.8 Å². The van der Waals surface area contributed by atoms with Gasteiger partial charge in [-0.3, -0.25) is 19.3 Å². The van der Waals surface area contributed by atoms with Crippen molar-refractivity contribution in [3.05, 3.63) is 34.4 Å². The monoisotopic (exact) mass is 275 g/mol. The van der Waals surface area contributed by atoms with Crippen LogP contribution in [0.2, 0.25) is 0 Å². The number of aliphatic carboxylic acids is 1. The zero-order chi connectivity index (χ0) is 15.0. The van der Waals surface area contributed by atoms with E-state index < -0.39 is 12.0 Å². The summed E-state index contributed by atoms with van der Waals surface area (Å²) in [5, 5.41) is 8.71. The molecular formula is C15H17NO4. The molecule has 1 aromatic carbocycles. The van der Waals surface area contributed by atoms with Gasteiger partial charge in [-0.15, -0.1) is 0 Å². The molecule has 1 aromatic rings. The van der Waals surface area contributed by atoms with Gasteiger partial charge in [-0.1, -0.05) is 12.1 Å². The molecule has 0 bridgehead atoms. The van der Waals surface area contributed by atoms with Gasteiger partial charge in [0.1, 0.15) is 0 Å². The minimum Gasteiger partial charge on any atom is -0.481 e. The Bertz CT molecular complexity index is 565. The molecule has 2 rings (SSSR count). The molecule has 0 radical (unpaired) electrons. The molecule has 0 saturated heterocycles. The van der Waals surface area contributed by atoms with Crippen LogP contribution >= 0.6 is 0 Å². The lowest BCUT2D eigenvalue weighted by Crippen LogP contribution is -2.38. The summed E-state index contributed by atoms with van der Waals surface area (Å²) in [6.45, 7) is 5.30. The minimum atomic E-state index is -0.930. The lowest BCUT2D eigenvalue weighted by atomic mass is 9.99. The second kappa shape index (κ2) is 5.07. The van der Waals surface area contributed by atoms with E-state index in [2.05, 4.69) is 0 Å². The fraction of sp³-hybridized carbons (Fsp3) is 0.400. The van der Waals surface area contributed by atoms with Crippen molar-refractivity contribution in [1.29, 1.82) is 0 Å². The van der Waals surface area contributed by atoms with Gasteiger partial charge in [-0.2, -0.15) is 0 Å². The lowest BCUT2D eigenvalue weighted by Gasteiger charge is -2.21. The van der Waals surface area contributed by atoms with Crippen molar-refractivity contribution in [1.82, 2.24) is 4.90 Å². The molecule has 1 atom stereocenters. The van der Waals surface area contributed by atoms with Crippen molar-refractivity contribution in [2.75, 3.05) is 0 Å². The number of benzene rings is 1. The number of carbonyl (C=O) groups is 3. The fourth-order valence-corrected chi connectivity index (χ4v) is 2.56. The van der Waals surface area contributed by atoms with Crippen molar-refractivity contribution in [3.8, 4) is 0 Å². The van der Waals surface area contributed by atoms with Crippen LogP contribution in [0.1, 0.15) is 51.6 Å². The Morgan fingerprint density at radius 1 is 1.15 bits per heavy atom. The Hall–Kier alpha value is -2.17. The van der Waals surface area contributed by atoms with Gasteiger partial charge in [0.05, 0.1) is 11.1 Å². The first kappa shape index (κ1) is 14.2. The number of hydrogen-bond acceptors (Lipinski definition) is 3. The number of rotatable bonds is 4. The van der Waals surface area contributed by atoms with Crippen molar-refractivity contribution in [2.24, 2.45) is 0 Å². The maximum Gasteiger partial charge on any atom is 0.303 e. The second-order valence-electron chi connectivity index (χ2n) is 5.21. The van der Waals surface area contributed by atoms with Crippen molar-refractivity contribution < 1.29 is 19.5 Å². The van der Waals surface area contributed by atoms with Crippen LogP contribution in [0, 0.1) is 13.8 Å². The zero-order valence-electron chi connectivity index (χ0n) is 11.8. The summed E-state index contributed by atoms with van der Waals surface area (Å²) in [4.78, 5) is 36.7. The van der Waals surface area contributed by atoms with Gasteiger partial charge in [0.2, 0.25) is 0 Å². The van der Waals surface area contributed by atoms with Crippen LogP contribution in [0.3, 0.4) is 0 Å². The van der Waals surface area contributed by atoms with E-state index >= 15 is 0 Å². The van der Waals surface area contributed by atoms with Gasteiger partial charge in [0.25, 0.3) is 11.8 Å². The van der Waals surface area contributed by atoms with Gasteiger partial charge in [0, 0.05) is 12.5 Å². The maximum atomic E-state index is 12.4. The average Bonchev–Trinajstić information content (AvgIpc) is 2.64. The second-order valence-corrected chi connectivity index (χ2v) is 5.21. The molecule has 1 aliphatic heterocycles. The Labute approximate surface area is 117 Å². The Morgan fingerprint density at radius 2 is 1.60 bits per heavy atom. The molecule has 1 unspecified atom stereocenters. The van der Waals surface area contributed by atoms with E-state index in [1.807, 2.05) is 12.1 Å². The van der Waals surface area contributed by atoms with E-state index in [0.717, 1.165) is 11.1 Å². The molecule has 0 fully saturated rings. The molecule has 20 heavy (non-hydrogen) atoms. The number of hydrogen-bond donors (Lipinski definition) is 1. The maximum absolute atomic E-state index is 12.4. The predicted octanol–water partition coefficient (Wildman–Crippen LogP) is 2.15. The minimum absolute atomic E-state index is 0.0630. The molecule has 5 heteroatoms. The Morgan fingerprint density at radius 3 is 2.00 bits per heavy atom. The number of fused-ring (bicyclic) bond motifs is 1. The first-order valence-electron chi connectivity index (χ1n) is 6.54. The van der Waals surface area contributed by atoms with Gasteiger partial charge >= 0.3 is 5.97 Å². The van der Waals surface area contributed by atoms with E-state index in [4.69, 9.17) is 5.11 Å². The number of imide groups is 1. The van der Waals surface area contributed by atoms with Gasteiger partial charge < -0.3 is 5.11 Å². The smallest absolute Gasteiger partial charge is 0.303 e. The van der Waals surface area contributed by atoms with Crippen molar-refractivity contribution >= 4 is 17.8 Å². The van der Waals surface area contributed by atoms with Crippen LogP contribution in [0.4, 0.5) is 0 Å². The quantitative estimate of drug-likeness (QED) is 0.854. The van der Waals surface area contributed by atoms with Crippen molar-refractivity contribution in [3.63, 3.8) is 0 Å². The largest absolute Gasteiger partial charge is 0.481 e. The molecule has 1 N–H and O–H groups in total. The number of carboxylic acids is 1. The third-order valence-corrected chi connectivity index (χ3v) is 3.70. The highest BCUT2D eigenvalue weighted by Crippen LogP contribution is 2.30.